The van der Waals surface area contributed by atoms with Crippen LogP contribution < -0.4 is 4.74 Å². The summed E-state index contributed by atoms with van der Waals surface area (Å²) in [5.41, 5.74) is 4.68. The Balaban J connectivity index is 2.10. The van der Waals surface area contributed by atoms with E-state index in [4.69, 9.17) is 9.26 Å². The number of pyridine rings is 1. The van der Waals surface area contributed by atoms with Crippen LogP contribution in [0.1, 0.15) is 40.8 Å². The molecule has 0 N–H and O–H groups in total. The number of ether oxygens (including phenoxy) is 1. The normalized spacial score (nSPS) is 12.1. The van der Waals surface area contributed by atoms with Gasteiger partial charge >= 0.3 is 0 Å². The summed E-state index contributed by atoms with van der Waals surface area (Å²) in [5.74, 6) is 1.52. The van der Waals surface area contributed by atoms with Gasteiger partial charge in [0.2, 0.25) is 5.91 Å². The average molecular weight is 345 g/mol. The monoisotopic (exact) mass is 345 g/mol. The maximum absolute atomic E-state index is 12.7. The zero-order valence-corrected chi connectivity index (χ0v) is 16.1. The molecule has 1 amide bonds. The average Bonchev–Trinajstić information content (AvgIpc) is 2.89. The Hall–Kier alpha value is -2.37. The van der Waals surface area contributed by atoms with E-state index in [9.17, 15) is 4.79 Å². The van der Waals surface area contributed by atoms with E-state index in [0.29, 0.717) is 13.0 Å². The van der Waals surface area contributed by atoms with Gasteiger partial charge in [0.15, 0.2) is 0 Å². The molecule has 2 heterocycles. The number of nitrogens with zero attached hydrogens (tertiary/aromatic N) is 3. The smallest absolute Gasteiger partial charge is 0.225 e. The maximum Gasteiger partial charge on any atom is 0.225 e. The molecule has 0 aliphatic carbocycles. The van der Waals surface area contributed by atoms with Crippen molar-refractivity contribution in [2.75, 3.05) is 14.2 Å². The summed E-state index contributed by atoms with van der Waals surface area (Å²) in [6.07, 6.45) is 2.40. The third-order valence-corrected chi connectivity index (χ3v) is 4.63. The van der Waals surface area contributed by atoms with E-state index in [1.54, 1.807) is 25.3 Å². The number of aryl methyl sites for hydroxylation is 3. The number of carbonyl (C=O) groups excluding carboxylic acids is 1. The highest BCUT2D eigenvalue weighted by atomic mass is 16.5. The minimum Gasteiger partial charge on any atom is -0.496 e. The van der Waals surface area contributed by atoms with Crippen molar-refractivity contribution in [2.24, 2.45) is 5.92 Å². The summed E-state index contributed by atoms with van der Waals surface area (Å²) >= 11 is 0. The molecule has 0 saturated heterocycles. The van der Waals surface area contributed by atoms with E-state index in [1.807, 2.05) is 34.6 Å². The largest absolute Gasteiger partial charge is 0.496 e. The van der Waals surface area contributed by atoms with Crippen molar-refractivity contribution in [3.8, 4) is 5.75 Å². The quantitative estimate of drug-likeness (QED) is 0.804. The van der Waals surface area contributed by atoms with Crippen molar-refractivity contribution in [2.45, 2.75) is 47.6 Å². The lowest BCUT2D eigenvalue weighted by Gasteiger charge is -2.22. The Labute approximate surface area is 149 Å². The third-order valence-electron chi connectivity index (χ3n) is 4.63. The van der Waals surface area contributed by atoms with Gasteiger partial charge < -0.3 is 14.2 Å². The number of hydrogen-bond acceptors (Lipinski definition) is 5. The Morgan fingerprint density at radius 3 is 2.56 bits per heavy atom. The molecule has 2 aromatic rings. The molecular formula is C19H27N3O3. The number of amides is 1. The highest BCUT2D eigenvalue weighted by Crippen LogP contribution is 2.25. The zero-order chi connectivity index (χ0) is 18.7. The van der Waals surface area contributed by atoms with Crippen molar-refractivity contribution in [1.29, 1.82) is 0 Å². The van der Waals surface area contributed by atoms with Crippen LogP contribution in [0.4, 0.5) is 0 Å². The lowest BCUT2D eigenvalue weighted by Crippen LogP contribution is -2.33. The number of aromatic nitrogens is 2. The second kappa shape index (κ2) is 7.68. The summed E-state index contributed by atoms with van der Waals surface area (Å²) in [4.78, 5) is 18.9. The summed E-state index contributed by atoms with van der Waals surface area (Å²) in [6, 6.07) is 0. The molecule has 0 unspecified atom stereocenters. The van der Waals surface area contributed by atoms with E-state index in [2.05, 4.69) is 10.1 Å². The molecule has 6 heteroatoms. The highest BCUT2D eigenvalue weighted by molar-refractivity contribution is 5.78. The molecule has 0 aromatic carbocycles. The molecule has 0 aliphatic heterocycles. The van der Waals surface area contributed by atoms with Gasteiger partial charge in [0.05, 0.1) is 25.0 Å². The fraction of sp³-hybridized carbons (Fsp3) is 0.526. The van der Waals surface area contributed by atoms with E-state index in [-0.39, 0.29) is 11.8 Å². The van der Waals surface area contributed by atoms with Crippen LogP contribution >= 0.6 is 0 Å². The first-order valence-electron chi connectivity index (χ1n) is 8.42. The Morgan fingerprint density at radius 2 is 2.00 bits per heavy atom. The maximum atomic E-state index is 12.7. The lowest BCUT2D eigenvalue weighted by molar-refractivity contribution is -0.134. The van der Waals surface area contributed by atoms with Crippen LogP contribution in [0.5, 0.6) is 5.75 Å². The summed E-state index contributed by atoms with van der Waals surface area (Å²) in [7, 11) is 3.46. The minimum atomic E-state index is -0.158. The SMILES string of the molecule is COc1c(C)cnc(CN(C)C(=O)[C@H](C)Cc2c(C)noc2C)c1C. The van der Waals surface area contributed by atoms with Crippen molar-refractivity contribution in [3.63, 3.8) is 0 Å². The predicted molar refractivity (Wildman–Crippen MR) is 95.6 cm³/mol. The van der Waals surface area contributed by atoms with Gasteiger partial charge in [0.1, 0.15) is 11.5 Å². The molecule has 1 atom stereocenters. The molecule has 136 valence electrons. The van der Waals surface area contributed by atoms with E-state index < -0.39 is 0 Å². The minimum absolute atomic E-state index is 0.0701. The van der Waals surface area contributed by atoms with Crippen molar-refractivity contribution >= 4 is 5.91 Å². The standard InChI is InChI=1S/C19H27N3O3/c1-11(8-16-14(4)21-25-15(16)5)19(23)22(6)10-17-13(3)18(24-7)12(2)9-20-17/h9,11H,8,10H2,1-7H3/t11-/m1/s1. The zero-order valence-electron chi connectivity index (χ0n) is 16.1. The summed E-state index contributed by atoms with van der Waals surface area (Å²) in [5, 5.41) is 3.96. The van der Waals surface area contributed by atoms with Crippen LogP contribution in [0, 0.1) is 33.6 Å². The molecule has 6 nitrogen and oxygen atoms in total. The Kier molecular flexibility index (Phi) is 5.82. The van der Waals surface area contributed by atoms with Gasteiger partial charge in [0, 0.05) is 35.9 Å². The second-order valence-corrected chi connectivity index (χ2v) is 6.65. The molecule has 0 spiro atoms. The molecular weight excluding hydrogens is 318 g/mol. The van der Waals surface area contributed by atoms with Gasteiger partial charge in [-0.2, -0.15) is 0 Å². The van der Waals surface area contributed by atoms with Crippen LogP contribution in [-0.4, -0.2) is 35.1 Å². The van der Waals surface area contributed by atoms with Crippen LogP contribution in [0.3, 0.4) is 0 Å². The Morgan fingerprint density at radius 1 is 1.32 bits per heavy atom. The molecule has 0 aliphatic rings. The molecule has 0 radical (unpaired) electrons. The van der Waals surface area contributed by atoms with Gasteiger partial charge in [-0.05, 0) is 34.1 Å². The number of carbonyl (C=O) groups is 1. The van der Waals surface area contributed by atoms with E-state index in [1.165, 1.54) is 0 Å². The predicted octanol–water partition coefficient (Wildman–Crippen LogP) is 3.15. The van der Waals surface area contributed by atoms with Crippen LogP contribution in [-0.2, 0) is 17.8 Å². The first-order chi connectivity index (χ1) is 11.8. The molecule has 0 saturated carbocycles. The third kappa shape index (κ3) is 4.00. The number of rotatable bonds is 6. The van der Waals surface area contributed by atoms with Crippen LogP contribution in [0.2, 0.25) is 0 Å². The van der Waals surface area contributed by atoms with Gasteiger partial charge in [0.25, 0.3) is 0 Å². The second-order valence-electron chi connectivity index (χ2n) is 6.65. The van der Waals surface area contributed by atoms with Crippen molar-refractivity contribution < 1.29 is 14.1 Å². The first kappa shape index (κ1) is 19.0. The fourth-order valence-corrected chi connectivity index (χ4v) is 3.10. The molecule has 0 bridgehead atoms. The van der Waals surface area contributed by atoms with E-state index in [0.717, 1.165) is 39.6 Å². The fourth-order valence-electron chi connectivity index (χ4n) is 3.10. The van der Waals surface area contributed by atoms with Gasteiger partial charge in [-0.1, -0.05) is 12.1 Å². The number of methoxy groups -OCH3 is 1. The van der Waals surface area contributed by atoms with Gasteiger partial charge in [-0.3, -0.25) is 9.78 Å². The van der Waals surface area contributed by atoms with Crippen molar-refractivity contribution in [3.05, 3.63) is 40.0 Å². The van der Waals surface area contributed by atoms with Gasteiger partial charge in [-0.25, -0.2) is 0 Å². The topological polar surface area (TPSA) is 68.5 Å². The van der Waals surface area contributed by atoms with Gasteiger partial charge in [-0.15, -0.1) is 0 Å². The summed E-state index contributed by atoms with van der Waals surface area (Å²) in [6.45, 7) is 10.1. The number of hydrogen-bond donors (Lipinski definition) is 0. The summed E-state index contributed by atoms with van der Waals surface area (Å²) < 4.78 is 10.6. The highest BCUT2D eigenvalue weighted by Gasteiger charge is 2.22. The first-order valence-corrected chi connectivity index (χ1v) is 8.42. The molecule has 2 aromatic heterocycles. The van der Waals surface area contributed by atoms with Crippen molar-refractivity contribution in [1.82, 2.24) is 15.0 Å². The van der Waals surface area contributed by atoms with Crippen LogP contribution in [0.15, 0.2) is 10.7 Å². The lowest BCUT2D eigenvalue weighted by atomic mass is 9.98. The molecule has 25 heavy (non-hydrogen) atoms. The van der Waals surface area contributed by atoms with E-state index >= 15 is 0 Å². The van der Waals surface area contributed by atoms with Crippen LogP contribution in [0.25, 0.3) is 0 Å². The molecule has 2 rings (SSSR count). The Bertz CT molecular complexity index is 748. The molecule has 0 fully saturated rings.